The van der Waals surface area contributed by atoms with Gasteiger partial charge in [0.1, 0.15) is 0 Å². The van der Waals surface area contributed by atoms with E-state index in [9.17, 15) is 4.79 Å². The van der Waals surface area contributed by atoms with Gasteiger partial charge in [0.25, 0.3) is 0 Å². The molecule has 1 atom stereocenters. The van der Waals surface area contributed by atoms with E-state index in [4.69, 9.17) is 4.74 Å². The average Bonchev–Trinajstić information content (AvgIpc) is 2.16. The van der Waals surface area contributed by atoms with Crippen molar-refractivity contribution in [1.29, 1.82) is 0 Å². The van der Waals surface area contributed by atoms with Crippen LogP contribution in [-0.4, -0.2) is 39.4 Å². The number of esters is 1. The van der Waals surface area contributed by atoms with Gasteiger partial charge in [0.05, 0.1) is 20.1 Å². The van der Waals surface area contributed by atoms with Gasteiger partial charge >= 0.3 is 5.97 Å². The Labute approximate surface area is 79.6 Å². The van der Waals surface area contributed by atoms with Gasteiger partial charge in [-0.05, 0) is 6.42 Å². The highest BCUT2D eigenvalue weighted by Crippen LogP contribution is 1.92. The lowest BCUT2D eigenvalue weighted by molar-refractivity contribution is -0.140. The molecule has 0 amide bonds. The second kappa shape index (κ2) is 8.01. The van der Waals surface area contributed by atoms with E-state index >= 15 is 0 Å². The molecule has 0 spiro atoms. The van der Waals surface area contributed by atoms with Gasteiger partial charge in [0, 0.05) is 19.7 Å². The van der Waals surface area contributed by atoms with Crippen LogP contribution in [0.25, 0.3) is 0 Å². The summed E-state index contributed by atoms with van der Waals surface area (Å²) in [5.41, 5.74) is 0. The summed E-state index contributed by atoms with van der Waals surface area (Å²) in [5.74, 6) is -0.181. The normalized spacial score (nSPS) is 12.5. The Kier molecular flexibility index (Phi) is 7.63. The predicted octanol–water partition coefficient (Wildman–Crippen LogP) is 0.564. The number of hydrogen-bond acceptors (Lipinski definition) is 4. The molecule has 0 aromatic rings. The lowest BCUT2D eigenvalue weighted by atomic mass is 10.2. The average molecular weight is 189 g/mol. The van der Waals surface area contributed by atoms with Crippen LogP contribution in [0.5, 0.6) is 0 Å². The third kappa shape index (κ3) is 6.54. The van der Waals surface area contributed by atoms with Crippen molar-refractivity contribution in [2.75, 3.05) is 27.4 Å². The Morgan fingerprint density at radius 3 is 2.62 bits per heavy atom. The van der Waals surface area contributed by atoms with Gasteiger partial charge in [0.2, 0.25) is 0 Å². The van der Waals surface area contributed by atoms with Gasteiger partial charge in [-0.3, -0.25) is 4.79 Å². The van der Waals surface area contributed by atoms with Crippen LogP contribution in [0.3, 0.4) is 0 Å². The molecule has 0 aliphatic carbocycles. The van der Waals surface area contributed by atoms with E-state index in [0.29, 0.717) is 25.6 Å². The van der Waals surface area contributed by atoms with Crippen LogP contribution < -0.4 is 5.32 Å². The van der Waals surface area contributed by atoms with Crippen LogP contribution in [-0.2, 0) is 14.3 Å². The molecule has 0 aromatic carbocycles. The van der Waals surface area contributed by atoms with Crippen molar-refractivity contribution in [1.82, 2.24) is 5.32 Å². The monoisotopic (exact) mass is 189 g/mol. The third-order valence-corrected chi connectivity index (χ3v) is 1.85. The maximum atomic E-state index is 10.7. The first-order valence-electron chi connectivity index (χ1n) is 4.53. The Morgan fingerprint density at radius 2 is 2.15 bits per heavy atom. The third-order valence-electron chi connectivity index (χ3n) is 1.85. The molecule has 78 valence electrons. The standard InChI is InChI=1S/C9H19NO3/c1-4-8(7-12-2)10-6-5-9(11)13-3/h8,10H,4-7H2,1-3H3. The fourth-order valence-corrected chi connectivity index (χ4v) is 1.00. The first-order chi connectivity index (χ1) is 6.24. The molecule has 0 aromatic heterocycles. The Hall–Kier alpha value is -0.610. The Morgan fingerprint density at radius 1 is 1.46 bits per heavy atom. The van der Waals surface area contributed by atoms with E-state index in [0.717, 1.165) is 6.42 Å². The van der Waals surface area contributed by atoms with Crippen LogP contribution in [0, 0.1) is 0 Å². The summed E-state index contributed by atoms with van der Waals surface area (Å²) in [7, 11) is 3.07. The minimum absolute atomic E-state index is 0.181. The highest BCUT2D eigenvalue weighted by Gasteiger charge is 2.05. The molecule has 1 unspecified atom stereocenters. The second-order valence-electron chi connectivity index (χ2n) is 2.84. The van der Waals surface area contributed by atoms with Crippen molar-refractivity contribution < 1.29 is 14.3 Å². The van der Waals surface area contributed by atoms with Crippen molar-refractivity contribution in [3.05, 3.63) is 0 Å². The van der Waals surface area contributed by atoms with E-state index in [-0.39, 0.29) is 5.97 Å². The smallest absolute Gasteiger partial charge is 0.306 e. The molecule has 0 fully saturated rings. The molecule has 0 saturated carbocycles. The molecule has 0 saturated heterocycles. The van der Waals surface area contributed by atoms with E-state index < -0.39 is 0 Å². The number of rotatable bonds is 7. The lowest BCUT2D eigenvalue weighted by Gasteiger charge is -2.14. The summed E-state index contributed by atoms with van der Waals surface area (Å²) in [6.07, 6.45) is 1.41. The highest BCUT2D eigenvalue weighted by molar-refractivity contribution is 5.69. The predicted molar refractivity (Wildman–Crippen MR) is 50.6 cm³/mol. The summed E-state index contributed by atoms with van der Waals surface area (Å²) >= 11 is 0. The molecule has 4 nitrogen and oxygen atoms in total. The summed E-state index contributed by atoms with van der Waals surface area (Å²) in [6.45, 7) is 3.40. The van der Waals surface area contributed by atoms with Crippen LogP contribution in [0.2, 0.25) is 0 Å². The van der Waals surface area contributed by atoms with E-state index in [2.05, 4.69) is 17.0 Å². The molecule has 1 N–H and O–H groups in total. The minimum Gasteiger partial charge on any atom is -0.469 e. The van der Waals surface area contributed by atoms with Gasteiger partial charge in [-0.15, -0.1) is 0 Å². The number of methoxy groups -OCH3 is 2. The van der Waals surface area contributed by atoms with Gasteiger partial charge in [-0.25, -0.2) is 0 Å². The SMILES string of the molecule is CCC(COC)NCCC(=O)OC. The van der Waals surface area contributed by atoms with Crippen molar-refractivity contribution >= 4 is 5.97 Å². The lowest BCUT2D eigenvalue weighted by Crippen LogP contribution is -2.34. The van der Waals surface area contributed by atoms with Crippen molar-refractivity contribution in [3.63, 3.8) is 0 Å². The van der Waals surface area contributed by atoms with Crippen molar-refractivity contribution in [2.24, 2.45) is 0 Å². The van der Waals surface area contributed by atoms with Crippen molar-refractivity contribution in [2.45, 2.75) is 25.8 Å². The first-order valence-corrected chi connectivity index (χ1v) is 4.53. The number of carbonyl (C=O) groups excluding carboxylic acids is 1. The number of nitrogens with one attached hydrogen (secondary N) is 1. The van der Waals surface area contributed by atoms with Crippen LogP contribution in [0.4, 0.5) is 0 Å². The van der Waals surface area contributed by atoms with Crippen LogP contribution in [0.15, 0.2) is 0 Å². The fourth-order valence-electron chi connectivity index (χ4n) is 1.00. The first kappa shape index (κ1) is 12.4. The highest BCUT2D eigenvalue weighted by atomic mass is 16.5. The zero-order valence-electron chi connectivity index (χ0n) is 8.63. The Balaban J connectivity index is 3.42. The molecule has 0 aliphatic heterocycles. The second-order valence-corrected chi connectivity index (χ2v) is 2.84. The summed E-state index contributed by atoms with van der Waals surface area (Å²) in [5, 5.41) is 3.21. The summed E-state index contributed by atoms with van der Waals surface area (Å²) in [4.78, 5) is 10.7. The van der Waals surface area contributed by atoms with Gasteiger partial charge in [-0.2, -0.15) is 0 Å². The maximum Gasteiger partial charge on any atom is 0.306 e. The molecule has 0 radical (unpaired) electrons. The zero-order chi connectivity index (χ0) is 10.1. The molecular weight excluding hydrogens is 170 g/mol. The number of hydrogen-bond donors (Lipinski definition) is 1. The van der Waals surface area contributed by atoms with Gasteiger partial charge < -0.3 is 14.8 Å². The fraction of sp³-hybridized carbons (Fsp3) is 0.889. The van der Waals surface area contributed by atoms with E-state index in [1.54, 1.807) is 7.11 Å². The topological polar surface area (TPSA) is 47.6 Å². The minimum atomic E-state index is -0.181. The van der Waals surface area contributed by atoms with E-state index in [1.165, 1.54) is 7.11 Å². The quantitative estimate of drug-likeness (QED) is 0.595. The largest absolute Gasteiger partial charge is 0.469 e. The molecule has 0 bridgehead atoms. The van der Waals surface area contributed by atoms with E-state index in [1.807, 2.05) is 0 Å². The van der Waals surface area contributed by atoms with Crippen LogP contribution in [0.1, 0.15) is 19.8 Å². The van der Waals surface area contributed by atoms with Crippen molar-refractivity contribution in [3.8, 4) is 0 Å². The zero-order valence-corrected chi connectivity index (χ0v) is 8.63. The van der Waals surface area contributed by atoms with Gasteiger partial charge in [0.15, 0.2) is 0 Å². The van der Waals surface area contributed by atoms with Gasteiger partial charge in [-0.1, -0.05) is 6.92 Å². The summed E-state index contributed by atoms with van der Waals surface area (Å²) < 4.78 is 9.52. The molecular formula is C9H19NO3. The maximum absolute atomic E-state index is 10.7. The molecule has 4 heteroatoms. The number of ether oxygens (including phenoxy) is 2. The number of carbonyl (C=O) groups is 1. The summed E-state index contributed by atoms with van der Waals surface area (Å²) in [6, 6.07) is 0.328. The molecule has 13 heavy (non-hydrogen) atoms. The molecule has 0 rings (SSSR count). The molecule has 0 aliphatic rings. The van der Waals surface area contributed by atoms with Crippen LogP contribution >= 0.6 is 0 Å². The molecule has 0 heterocycles. The Bertz CT molecular complexity index is 139.